The number of ketones is 2. The molecule has 0 radical (unpaired) electrons. The van der Waals surface area contributed by atoms with E-state index in [9.17, 15) is 29.4 Å². The Kier molecular flexibility index (Phi) is 8.27. The Labute approximate surface area is 240 Å². The minimum absolute atomic E-state index is 0.0130. The molecular weight excluding hydrogens is 526 g/mol. The number of rotatable bonds is 10. The molecule has 1 aromatic heterocycles. The lowest BCUT2D eigenvalue weighted by atomic mass is 9.45. The number of carbonyl (C=O) groups excluding carboxylic acids is 4. The van der Waals surface area contributed by atoms with Crippen LogP contribution in [0.15, 0.2) is 30.4 Å². The molecule has 0 spiro atoms. The number of allylic oxidation sites excluding steroid dienone is 1. The van der Waals surface area contributed by atoms with Crippen LogP contribution in [0.1, 0.15) is 78.1 Å². The van der Waals surface area contributed by atoms with Gasteiger partial charge < -0.3 is 24.8 Å². The third-order valence-corrected chi connectivity index (χ3v) is 10.9. The zero-order valence-corrected chi connectivity index (χ0v) is 24.1. The summed E-state index contributed by atoms with van der Waals surface area (Å²) in [5.41, 5.74) is -1.65. The summed E-state index contributed by atoms with van der Waals surface area (Å²) in [6.07, 6.45) is 10.9. The fourth-order valence-electron chi connectivity index (χ4n) is 8.70. The van der Waals surface area contributed by atoms with Crippen LogP contribution in [0.4, 0.5) is 0 Å². The first-order valence-electron chi connectivity index (χ1n) is 15.0. The predicted octanol–water partition coefficient (Wildman–Crippen LogP) is 2.52. The van der Waals surface area contributed by atoms with Crippen LogP contribution >= 0.6 is 0 Å². The van der Waals surface area contributed by atoms with Crippen molar-refractivity contribution in [3.05, 3.63) is 30.4 Å². The first kappa shape index (κ1) is 29.6. The molecule has 1 heterocycles. The normalized spacial score (nSPS) is 36.0. The minimum Gasteiger partial charge on any atom is -0.458 e. The Morgan fingerprint density at radius 3 is 2.73 bits per heavy atom. The number of hydrogen-bond donors (Lipinski definition) is 3. The number of aryl methyl sites for hydroxylation is 1. The summed E-state index contributed by atoms with van der Waals surface area (Å²) in [6, 6.07) is 0. The average Bonchev–Trinajstić information content (AvgIpc) is 3.55. The van der Waals surface area contributed by atoms with E-state index in [0.717, 1.165) is 37.8 Å². The molecule has 7 atom stereocenters. The molecule has 10 nitrogen and oxygen atoms in total. The molecule has 41 heavy (non-hydrogen) atoms. The van der Waals surface area contributed by atoms with Crippen LogP contribution < -0.4 is 5.32 Å². The fraction of sp³-hybridized carbons (Fsp3) is 0.710. The van der Waals surface area contributed by atoms with E-state index in [1.54, 1.807) is 18.6 Å². The number of nitrogens with one attached hydrogen (secondary N) is 1. The standard InChI is InChI=1S/C31H43N3O7/c1-29-10-8-21(35)16-20(29)4-5-22-23-9-11-31(40,30(23,2)17-24(36)28(22)29)25(37)18-41-27(39)7-6-26(38)33-12-3-14-34-15-13-32-19-34/h13,15-16,19,22-24,28,36,40H,3-12,14,17-18H2,1-2H3,(H,33,38)/t22-,23+,24-,28-,29-,30-,31-/m0/s1. The van der Waals surface area contributed by atoms with Gasteiger partial charge in [-0.15, -0.1) is 0 Å². The van der Waals surface area contributed by atoms with Crippen molar-refractivity contribution >= 4 is 23.4 Å². The summed E-state index contributed by atoms with van der Waals surface area (Å²) in [5, 5.41) is 26.1. The van der Waals surface area contributed by atoms with E-state index in [1.807, 2.05) is 17.7 Å². The molecule has 224 valence electrons. The molecule has 5 rings (SSSR count). The molecule has 3 N–H and O–H groups in total. The maximum Gasteiger partial charge on any atom is 0.306 e. The number of aliphatic hydroxyl groups is 2. The molecule has 0 saturated heterocycles. The van der Waals surface area contributed by atoms with Crippen LogP contribution in [0.25, 0.3) is 0 Å². The summed E-state index contributed by atoms with van der Waals surface area (Å²) in [6.45, 7) is 4.71. The van der Waals surface area contributed by atoms with Crippen molar-refractivity contribution in [1.29, 1.82) is 0 Å². The van der Waals surface area contributed by atoms with Gasteiger partial charge in [-0.05, 0) is 74.2 Å². The Morgan fingerprint density at radius 2 is 1.98 bits per heavy atom. The Morgan fingerprint density at radius 1 is 1.17 bits per heavy atom. The highest BCUT2D eigenvalue weighted by Crippen LogP contribution is 2.67. The van der Waals surface area contributed by atoms with Gasteiger partial charge in [0.05, 0.1) is 18.9 Å². The lowest BCUT2D eigenvalue weighted by Crippen LogP contribution is -2.62. The molecule has 0 aromatic carbocycles. The second-order valence-electron chi connectivity index (χ2n) is 13.1. The maximum atomic E-state index is 13.4. The smallest absolute Gasteiger partial charge is 0.306 e. The number of ether oxygens (including phenoxy) is 1. The van der Waals surface area contributed by atoms with Gasteiger partial charge in [0, 0.05) is 43.7 Å². The monoisotopic (exact) mass is 569 g/mol. The first-order valence-corrected chi connectivity index (χ1v) is 15.0. The number of Topliss-reactive ketones (excluding diaryl/α,β-unsaturated/α-hetero) is 1. The lowest BCUT2D eigenvalue weighted by molar-refractivity contribution is -0.184. The highest BCUT2D eigenvalue weighted by atomic mass is 16.5. The van der Waals surface area contributed by atoms with Gasteiger partial charge in [-0.2, -0.15) is 0 Å². The number of amides is 1. The van der Waals surface area contributed by atoms with E-state index >= 15 is 0 Å². The van der Waals surface area contributed by atoms with Crippen LogP contribution in [0.3, 0.4) is 0 Å². The first-order chi connectivity index (χ1) is 19.5. The number of imidazole rings is 1. The highest BCUT2D eigenvalue weighted by molar-refractivity contribution is 5.92. The second-order valence-corrected chi connectivity index (χ2v) is 13.1. The quantitative estimate of drug-likeness (QED) is 0.288. The van der Waals surface area contributed by atoms with Crippen LogP contribution in [-0.2, 0) is 30.5 Å². The van der Waals surface area contributed by atoms with Crippen molar-refractivity contribution in [3.8, 4) is 0 Å². The molecule has 0 aliphatic heterocycles. The van der Waals surface area contributed by atoms with Crippen LogP contribution in [0.5, 0.6) is 0 Å². The van der Waals surface area contributed by atoms with Crippen molar-refractivity contribution in [3.63, 3.8) is 0 Å². The summed E-state index contributed by atoms with van der Waals surface area (Å²) >= 11 is 0. The third-order valence-electron chi connectivity index (χ3n) is 10.9. The zero-order chi connectivity index (χ0) is 29.4. The van der Waals surface area contributed by atoms with Crippen molar-refractivity contribution in [2.75, 3.05) is 13.2 Å². The number of fused-ring (bicyclic) bond motifs is 5. The van der Waals surface area contributed by atoms with Crippen molar-refractivity contribution in [2.24, 2.45) is 28.6 Å². The van der Waals surface area contributed by atoms with Gasteiger partial charge in [0.2, 0.25) is 11.7 Å². The fourth-order valence-corrected chi connectivity index (χ4v) is 8.70. The Balaban J connectivity index is 1.13. The molecule has 4 aliphatic carbocycles. The molecule has 1 amide bonds. The molecule has 0 unspecified atom stereocenters. The van der Waals surface area contributed by atoms with Gasteiger partial charge >= 0.3 is 5.97 Å². The van der Waals surface area contributed by atoms with Crippen LogP contribution in [0.2, 0.25) is 0 Å². The number of aromatic nitrogens is 2. The van der Waals surface area contributed by atoms with Gasteiger partial charge in [-0.25, -0.2) is 4.98 Å². The number of nitrogens with zero attached hydrogens (tertiary/aromatic N) is 2. The predicted molar refractivity (Wildman–Crippen MR) is 148 cm³/mol. The van der Waals surface area contributed by atoms with Crippen molar-refractivity contribution in [1.82, 2.24) is 14.9 Å². The minimum atomic E-state index is -1.70. The van der Waals surface area contributed by atoms with E-state index in [1.165, 1.54) is 0 Å². The van der Waals surface area contributed by atoms with E-state index in [2.05, 4.69) is 17.2 Å². The number of carbonyl (C=O) groups is 4. The maximum absolute atomic E-state index is 13.4. The average molecular weight is 570 g/mol. The molecule has 0 bridgehead atoms. The van der Waals surface area contributed by atoms with Crippen LogP contribution in [0, 0.1) is 28.6 Å². The Hall–Kier alpha value is -2.85. The van der Waals surface area contributed by atoms with Gasteiger partial charge in [0.1, 0.15) is 5.60 Å². The van der Waals surface area contributed by atoms with E-state index < -0.39 is 35.5 Å². The van der Waals surface area contributed by atoms with E-state index in [-0.39, 0.29) is 60.5 Å². The van der Waals surface area contributed by atoms with Gasteiger partial charge in [-0.3, -0.25) is 19.2 Å². The van der Waals surface area contributed by atoms with Crippen LogP contribution in [-0.4, -0.2) is 68.1 Å². The summed E-state index contributed by atoms with van der Waals surface area (Å²) in [7, 11) is 0. The number of hydrogen-bond acceptors (Lipinski definition) is 8. The second kappa shape index (κ2) is 11.4. The summed E-state index contributed by atoms with van der Waals surface area (Å²) in [4.78, 5) is 53.9. The van der Waals surface area contributed by atoms with E-state index in [4.69, 9.17) is 4.74 Å². The van der Waals surface area contributed by atoms with Crippen molar-refractivity contribution < 1.29 is 34.1 Å². The van der Waals surface area contributed by atoms with Crippen molar-refractivity contribution in [2.45, 2.75) is 96.3 Å². The third kappa shape index (κ3) is 5.41. The molecule has 3 saturated carbocycles. The Bertz CT molecular complexity index is 1210. The summed E-state index contributed by atoms with van der Waals surface area (Å²) < 4.78 is 7.13. The highest BCUT2D eigenvalue weighted by Gasteiger charge is 2.68. The molecule has 4 aliphatic rings. The SMILES string of the molecule is C[C@]12CCC(=O)C=C1CC[C@@H]1[C@H]2[C@@H](O)C[C@@]2(C)[C@@H]1CC[C@]2(O)C(=O)COC(=O)CCC(=O)NCCCn1ccnc1. The molecule has 10 heteroatoms. The lowest BCUT2D eigenvalue weighted by Gasteiger charge is -2.60. The van der Waals surface area contributed by atoms with Gasteiger partial charge in [0.15, 0.2) is 12.4 Å². The van der Waals surface area contributed by atoms with Gasteiger partial charge in [-0.1, -0.05) is 19.4 Å². The van der Waals surface area contributed by atoms with Gasteiger partial charge in [0.25, 0.3) is 0 Å². The summed E-state index contributed by atoms with van der Waals surface area (Å²) in [5.74, 6) is -1.14. The number of esters is 1. The molecular formula is C31H43N3O7. The topological polar surface area (TPSA) is 148 Å². The molecule has 3 fully saturated rings. The molecule has 1 aromatic rings. The zero-order valence-electron chi connectivity index (χ0n) is 24.1. The van der Waals surface area contributed by atoms with E-state index in [0.29, 0.717) is 19.4 Å². The largest absolute Gasteiger partial charge is 0.458 e. The number of aliphatic hydroxyl groups excluding tert-OH is 1.